The van der Waals surface area contributed by atoms with E-state index in [2.05, 4.69) is 15.3 Å². The van der Waals surface area contributed by atoms with Gasteiger partial charge in [0, 0.05) is 18.1 Å². The molecule has 0 unspecified atom stereocenters. The summed E-state index contributed by atoms with van der Waals surface area (Å²) in [4.78, 5) is 6.45. The number of H-pyrrole nitrogens is 1. The molecule has 17 heavy (non-hydrogen) atoms. The molecule has 2 rings (SSSR count). The minimum absolute atomic E-state index is 0.105. The van der Waals surface area contributed by atoms with Crippen molar-refractivity contribution in [2.24, 2.45) is 0 Å². The maximum atomic E-state index is 13.0. The molecule has 0 atom stereocenters. The lowest BCUT2D eigenvalue weighted by Gasteiger charge is -2.10. The molecule has 0 spiro atoms. The van der Waals surface area contributed by atoms with Gasteiger partial charge in [-0.05, 0) is 18.2 Å². The normalized spacial score (nSPS) is 11.5. The Morgan fingerprint density at radius 2 is 2.00 bits per heavy atom. The fraction of sp³-hybridized carbons (Fsp3) is 0.100. The molecular formula is C10H7F4N3. The van der Waals surface area contributed by atoms with E-state index in [1.807, 2.05) is 0 Å². The number of aromatic nitrogens is 2. The highest BCUT2D eigenvalue weighted by Crippen LogP contribution is 2.33. The highest BCUT2D eigenvalue weighted by molar-refractivity contribution is 5.54. The average molecular weight is 245 g/mol. The van der Waals surface area contributed by atoms with Gasteiger partial charge >= 0.3 is 6.18 Å². The Morgan fingerprint density at radius 3 is 2.59 bits per heavy atom. The first-order chi connectivity index (χ1) is 7.97. The van der Waals surface area contributed by atoms with Crippen LogP contribution in [0.15, 0.2) is 30.6 Å². The maximum absolute atomic E-state index is 13.0. The molecule has 0 amide bonds. The van der Waals surface area contributed by atoms with Gasteiger partial charge in [-0.2, -0.15) is 13.2 Å². The predicted molar refractivity (Wildman–Crippen MR) is 53.3 cm³/mol. The third-order valence-corrected chi connectivity index (χ3v) is 2.03. The summed E-state index contributed by atoms with van der Waals surface area (Å²) in [6, 6.07) is 2.65. The number of anilines is 2. The number of aromatic amines is 1. The Hall–Kier alpha value is -2.05. The van der Waals surface area contributed by atoms with Crippen LogP contribution < -0.4 is 5.32 Å². The zero-order chi connectivity index (χ0) is 12.5. The van der Waals surface area contributed by atoms with Crippen molar-refractivity contribution in [3.63, 3.8) is 0 Å². The van der Waals surface area contributed by atoms with Gasteiger partial charge in [-0.15, -0.1) is 0 Å². The number of hydrogen-bond donors (Lipinski definition) is 2. The molecule has 3 nitrogen and oxygen atoms in total. The highest BCUT2D eigenvalue weighted by Gasteiger charge is 2.34. The molecule has 0 saturated heterocycles. The van der Waals surface area contributed by atoms with Crippen LogP contribution in [0.1, 0.15) is 5.56 Å². The minimum Gasteiger partial charge on any atom is -0.331 e. The van der Waals surface area contributed by atoms with Gasteiger partial charge in [0.2, 0.25) is 5.95 Å². The van der Waals surface area contributed by atoms with Crippen LogP contribution >= 0.6 is 0 Å². The Kier molecular flexibility index (Phi) is 2.74. The van der Waals surface area contributed by atoms with Crippen LogP contribution in [0.4, 0.5) is 29.2 Å². The lowest BCUT2D eigenvalue weighted by molar-refractivity contribution is -0.139. The van der Waals surface area contributed by atoms with Crippen molar-refractivity contribution in [3.8, 4) is 0 Å². The summed E-state index contributed by atoms with van der Waals surface area (Å²) in [5, 5.41) is 2.59. The predicted octanol–water partition coefficient (Wildman–Crippen LogP) is 3.31. The first-order valence-corrected chi connectivity index (χ1v) is 4.60. The van der Waals surface area contributed by atoms with Crippen molar-refractivity contribution in [3.05, 3.63) is 42.0 Å². The summed E-state index contributed by atoms with van der Waals surface area (Å²) >= 11 is 0. The van der Waals surface area contributed by atoms with Crippen LogP contribution in [0.25, 0.3) is 0 Å². The molecule has 0 aliphatic carbocycles. The van der Waals surface area contributed by atoms with Gasteiger partial charge in [0.1, 0.15) is 5.82 Å². The Bertz CT molecular complexity index is 505. The second-order valence-corrected chi connectivity index (χ2v) is 3.26. The third-order valence-electron chi connectivity index (χ3n) is 2.03. The highest BCUT2D eigenvalue weighted by atomic mass is 19.4. The van der Waals surface area contributed by atoms with Crippen LogP contribution in [0.3, 0.4) is 0 Å². The van der Waals surface area contributed by atoms with E-state index in [1.54, 1.807) is 0 Å². The average Bonchev–Trinajstić information content (AvgIpc) is 2.72. The SMILES string of the molecule is Fc1ccc(Nc2ncc[nH]2)cc1C(F)(F)F. The number of imidazole rings is 1. The maximum Gasteiger partial charge on any atom is 0.419 e. The van der Waals surface area contributed by atoms with Crippen LogP contribution in [0.5, 0.6) is 0 Å². The third kappa shape index (κ3) is 2.55. The summed E-state index contributed by atoms with van der Waals surface area (Å²) in [6.45, 7) is 0. The molecule has 0 aliphatic heterocycles. The van der Waals surface area contributed by atoms with Gasteiger partial charge in [0.25, 0.3) is 0 Å². The summed E-state index contributed by atoms with van der Waals surface area (Å²) in [7, 11) is 0. The van der Waals surface area contributed by atoms with Crippen LogP contribution in [-0.2, 0) is 6.18 Å². The number of nitrogens with one attached hydrogen (secondary N) is 2. The van der Waals surface area contributed by atoms with E-state index in [1.165, 1.54) is 18.5 Å². The van der Waals surface area contributed by atoms with Crippen LogP contribution in [0, 0.1) is 5.82 Å². The van der Waals surface area contributed by atoms with Gasteiger partial charge in [-0.1, -0.05) is 0 Å². The molecule has 1 heterocycles. The zero-order valence-corrected chi connectivity index (χ0v) is 8.35. The number of nitrogens with zero attached hydrogens (tertiary/aromatic N) is 1. The van der Waals surface area contributed by atoms with E-state index >= 15 is 0 Å². The minimum atomic E-state index is -4.72. The van der Waals surface area contributed by atoms with Crippen molar-refractivity contribution >= 4 is 11.6 Å². The largest absolute Gasteiger partial charge is 0.419 e. The van der Waals surface area contributed by atoms with Crippen molar-refractivity contribution in [1.29, 1.82) is 0 Å². The van der Waals surface area contributed by atoms with E-state index < -0.39 is 17.6 Å². The van der Waals surface area contributed by atoms with Gasteiger partial charge in [-0.25, -0.2) is 9.37 Å². The van der Waals surface area contributed by atoms with Gasteiger partial charge in [0.15, 0.2) is 0 Å². The van der Waals surface area contributed by atoms with E-state index in [4.69, 9.17) is 0 Å². The Morgan fingerprint density at radius 1 is 1.24 bits per heavy atom. The van der Waals surface area contributed by atoms with Gasteiger partial charge < -0.3 is 10.3 Å². The molecule has 2 aromatic rings. The van der Waals surface area contributed by atoms with Crippen LogP contribution in [-0.4, -0.2) is 9.97 Å². The molecular weight excluding hydrogens is 238 g/mol. The lowest BCUT2D eigenvalue weighted by atomic mass is 10.2. The number of alkyl halides is 3. The van der Waals surface area contributed by atoms with Gasteiger partial charge in [-0.3, -0.25) is 0 Å². The quantitative estimate of drug-likeness (QED) is 0.797. The molecule has 7 heteroatoms. The number of rotatable bonds is 2. The summed E-state index contributed by atoms with van der Waals surface area (Å²) in [6.07, 6.45) is -1.77. The first-order valence-electron chi connectivity index (χ1n) is 4.60. The van der Waals surface area contributed by atoms with E-state index in [9.17, 15) is 17.6 Å². The van der Waals surface area contributed by atoms with Crippen molar-refractivity contribution in [2.45, 2.75) is 6.18 Å². The smallest absolute Gasteiger partial charge is 0.331 e. The first kappa shape index (κ1) is 11.4. The fourth-order valence-corrected chi connectivity index (χ4v) is 1.29. The molecule has 0 saturated carbocycles. The molecule has 1 aromatic heterocycles. The van der Waals surface area contributed by atoms with Crippen molar-refractivity contribution in [1.82, 2.24) is 9.97 Å². The number of halogens is 4. The summed E-state index contributed by atoms with van der Waals surface area (Å²) < 4.78 is 50.2. The van der Waals surface area contributed by atoms with E-state index in [0.717, 1.165) is 6.07 Å². The summed E-state index contributed by atoms with van der Waals surface area (Å²) in [5.74, 6) is -1.02. The topological polar surface area (TPSA) is 40.7 Å². The Balaban J connectivity index is 2.31. The molecule has 0 aliphatic rings. The number of hydrogen-bond acceptors (Lipinski definition) is 2. The molecule has 90 valence electrons. The second-order valence-electron chi connectivity index (χ2n) is 3.26. The van der Waals surface area contributed by atoms with Crippen molar-refractivity contribution in [2.75, 3.05) is 5.32 Å². The molecule has 0 fully saturated rings. The van der Waals surface area contributed by atoms with Crippen molar-refractivity contribution < 1.29 is 17.6 Å². The monoisotopic (exact) mass is 245 g/mol. The zero-order valence-electron chi connectivity index (χ0n) is 8.35. The second kappa shape index (κ2) is 4.08. The lowest BCUT2D eigenvalue weighted by Crippen LogP contribution is -2.08. The fourth-order valence-electron chi connectivity index (χ4n) is 1.29. The molecule has 1 aromatic carbocycles. The van der Waals surface area contributed by atoms with Gasteiger partial charge in [0.05, 0.1) is 5.56 Å². The van der Waals surface area contributed by atoms with Crippen LogP contribution in [0.2, 0.25) is 0 Å². The Labute approximate surface area is 93.5 Å². The van der Waals surface area contributed by atoms with E-state index in [-0.39, 0.29) is 11.6 Å². The summed E-state index contributed by atoms with van der Waals surface area (Å²) in [5.41, 5.74) is -1.21. The molecule has 0 bridgehead atoms. The number of benzene rings is 1. The molecule has 2 N–H and O–H groups in total. The van der Waals surface area contributed by atoms with E-state index in [0.29, 0.717) is 6.07 Å². The standard InChI is InChI=1S/C10H7F4N3/c11-8-2-1-6(5-7(8)10(12,13)14)17-9-15-3-4-16-9/h1-5H,(H2,15,16,17). The molecule has 0 radical (unpaired) electrons.